The molecule has 5 heteroatoms. The van der Waals surface area contributed by atoms with Gasteiger partial charge in [0.25, 0.3) is 0 Å². The Morgan fingerprint density at radius 1 is 1.35 bits per heavy atom. The van der Waals surface area contributed by atoms with Crippen molar-refractivity contribution in [2.24, 2.45) is 10.5 Å². The van der Waals surface area contributed by atoms with Crippen LogP contribution in [0.2, 0.25) is 5.02 Å². The molecule has 0 bridgehead atoms. The van der Waals surface area contributed by atoms with E-state index in [0.29, 0.717) is 23.6 Å². The maximum Gasteiger partial charge on any atom is 0.168 e. The highest BCUT2D eigenvalue weighted by atomic mass is 35.5. The van der Waals surface area contributed by atoms with Gasteiger partial charge in [0, 0.05) is 12.8 Å². The molecule has 0 aromatic heterocycles. The molecule has 0 unspecified atom stereocenters. The van der Waals surface area contributed by atoms with Crippen molar-refractivity contribution >= 4 is 29.3 Å². The van der Waals surface area contributed by atoms with E-state index in [4.69, 9.17) is 11.6 Å². The first-order chi connectivity index (χ1) is 9.39. The van der Waals surface area contributed by atoms with Crippen molar-refractivity contribution in [1.82, 2.24) is 0 Å². The van der Waals surface area contributed by atoms with E-state index in [1.54, 1.807) is 12.1 Å². The monoisotopic (exact) mass is 292 g/mol. The molecule has 0 saturated heterocycles. The van der Waals surface area contributed by atoms with Crippen LogP contribution in [0, 0.1) is 5.41 Å². The highest BCUT2D eigenvalue weighted by molar-refractivity contribution is 6.33. The van der Waals surface area contributed by atoms with Crippen molar-refractivity contribution < 1.29 is 9.90 Å². The van der Waals surface area contributed by atoms with E-state index >= 15 is 0 Å². The first-order valence-corrected chi connectivity index (χ1v) is 6.76. The SMILES string of the molecule is CC1(C)CC(=O)C(/C=N/Nc2ccccc2Cl)=C(O)C1. The highest BCUT2D eigenvalue weighted by Crippen LogP contribution is 2.35. The first kappa shape index (κ1) is 14.6. The molecular formula is C15H17ClN2O2. The number of allylic oxidation sites excluding steroid dienone is 2. The summed E-state index contributed by atoms with van der Waals surface area (Å²) in [6.07, 6.45) is 2.24. The largest absolute Gasteiger partial charge is 0.511 e. The summed E-state index contributed by atoms with van der Waals surface area (Å²) in [5.41, 5.74) is 3.48. The summed E-state index contributed by atoms with van der Waals surface area (Å²) in [5, 5.41) is 14.5. The summed E-state index contributed by atoms with van der Waals surface area (Å²) in [7, 11) is 0. The molecule has 2 N–H and O–H groups in total. The van der Waals surface area contributed by atoms with Gasteiger partial charge in [-0.2, -0.15) is 5.10 Å². The Balaban J connectivity index is 2.12. The number of anilines is 1. The molecule has 0 heterocycles. The molecule has 0 amide bonds. The van der Waals surface area contributed by atoms with Crippen LogP contribution in [0.25, 0.3) is 0 Å². The number of para-hydroxylation sites is 1. The predicted octanol–water partition coefficient (Wildman–Crippen LogP) is 3.94. The van der Waals surface area contributed by atoms with Gasteiger partial charge < -0.3 is 5.11 Å². The number of nitrogens with one attached hydrogen (secondary N) is 1. The van der Waals surface area contributed by atoms with Crippen molar-refractivity contribution in [3.8, 4) is 0 Å². The van der Waals surface area contributed by atoms with E-state index < -0.39 is 0 Å². The van der Waals surface area contributed by atoms with Crippen LogP contribution in [0.15, 0.2) is 40.7 Å². The van der Waals surface area contributed by atoms with Gasteiger partial charge in [0.2, 0.25) is 0 Å². The standard InChI is InChI=1S/C15H17ClN2O2/c1-15(2)7-13(19)10(14(20)8-15)9-17-18-12-6-4-3-5-11(12)16/h3-6,9,18-19H,7-8H2,1-2H3/b17-9+. The van der Waals surface area contributed by atoms with Crippen LogP contribution < -0.4 is 5.43 Å². The van der Waals surface area contributed by atoms with Crippen LogP contribution in [0.4, 0.5) is 5.69 Å². The third-order valence-corrected chi connectivity index (χ3v) is 3.48. The summed E-state index contributed by atoms with van der Waals surface area (Å²) in [6.45, 7) is 3.91. The number of benzene rings is 1. The Kier molecular flexibility index (Phi) is 4.14. The molecule has 2 rings (SSSR count). The van der Waals surface area contributed by atoms with Crippen molar-refractivity contribution in [3.05, 3.63) is 40.6 Å². The lowest BCUT2D eigenvalue weighted by Gasteiger charge is -2.28. The smallest absolute Gasteiger partial charge is 0.168 e. The van der Waals surface area contributed by atoms with E-state index in [2.05, 4.69) is 10.5 Å². The molecule has 1 aliphatic rings. The summed E-state index contributed by atoms with van der Waals surface area (Å²) in [5.74, 6) is -0.000540. The Hall–Kier alpha value is -1.81. The number of Topliss-reactive ketones (excluding diaryl/α,β-unsaturated/α-hetero) is 1. The van der Waals surface area contributed by atoms with Crippen LogP contribution in [0.3, 0.4) is 0 Å². The van der Waals surface area contributed by atoms with Crippen LogP contribution in [0.1, 0.15) is 26.7 Å². The Bertz CT molecular complexity index is 591. The fourth-order valence-corrected chi connectivity index (χ4v) is 2.34. The van der Waals surface area contributed by atoms with Crippen LogP contribution in [0.5, 0.6) is 0 Å². The molecule has 20 heavy (non-hydrogen) atoms. The van der Waals surface area contributed by atoms with Crippen molar-refractivity contribution in [2.75, 3.05) is 5.43 Å². The van der Waals surface area contributed by atoms with Crippen molar-refractivity contribution in [3.63, 3.8) is 0 Å². The number of halogens is 1. The molecular weight excluding hydrogens is 276 g/mol. The van der Waals surface area contributed by atoms with Gasteiger partial charge in [-0.25, -0.2) is 0 Å². The molecule has 1 aromatic carbocycles. The molecule has 0 aliphatic heterocycles. The molecule has 1 aromatic rings. The van der Waals surface area contributed by atoms with Crippen LogP contribution in [-0.4, -0.2) is 17.1 Å². The zero-order valence-corrected chi connectivity index (χ0v) is 12.2. The quantitative estimate of drug-likeness (QED) is 0.655. The number of carbonyl (C=O) groups is 1. The number of ketones is 1. The van der Waals surface area contributed by atoms with E-state index in [0.717, 1.165) is 0 Å². The van der Waals surface area contributed by atoms with Gasteiger partial charge in [0.1, 0.15) is 5.76 Å². The zero-order valence-electron chi connectivity index (χ0n) is 11.5. The van der Waals surface area contributed by atoms with Gasteiger partial charge in [-0.15, -0.1) is 0 Å². The maximum absolute atomic E-state index is 12.0. The molecule has 1 aliphatic carbocycles. The fourth-order valence-electron chi connectivity index (χ4n) is 2.17. The van der Waals surface area contributed by atoms with Crippen LogP contribution in [-0.2, 0) is 4.79 Å². The number of aliphatic hydroxyl groups is 1. The molecule has 0 radical (unpaired) electrons. The predicted molar refractivity (Wildman–Crippen MR) is 81.2 cm³/mol. The third-order valence-electron chi connectivity index (χ3n) is 3.15. The number of carbonyl (C=O) groups excluding carboxylic acids is 1. The minimum Gasteiger partial charge on any atom is -0.511 e. The first-order valence-electron chi connectivity index (χ1n) is 6.38. The molecule has 0 atom stereocenters. The second-order valence-electron chi connectivity index (χ2n) is 5.65. The van der Waals surface area contributed by atoms with Crippen molar-refractivity contribution in [1.29, 1.82) is 0 Å². The third kappa shape index (κ3) is 3.39. The van der Waals surface area contributed by atoms with Gasteiger partial charge in [-0.05, 0) is 17.5 Å². The maximum atomic E-state index is 12.0. The minimum absolute atomic E-state index is 0.0935. The lowest BCUT2D eigenvalue weighted by molar-refractivity contribution is -0.117. The number of nitrogens with zero attached hydrogens (tertiary/aromatic N) is 1. The number of hydrazone groups is 1. The van der Waals surface area contributed by atoms with E-state index in [9.17, 15) is 9.90 Å². The van der Waals surface area contributed by atoms with Crippen molar-refractivity contribution in [2.45, 2.75) is 26.7 Å². The second kappa shape index (κ2) is 5.67. The van der Waals surface area contributed by atoms with Gasteiger partial charge >= 0.3 is 0 Å². The van der Waals surface area contributed by atoms with Gasteiger partial charge in [-0.1, -0.05) is 37.6 Å². The lowest BCUT2D eigenvalue weighted by atomic mass is 9.77. The van der Waals surface area contributed by atoms with E-state index in [-0.39, 0.29) is 22.5 Å². The van der Waals surface area contributed by atoms with E-state index in [1.807, 2.05) is 26.0 Å². The highest BCUT2D eigenvalue weighted by Gasteiger charge is 2.32. The topological polar surface area (TPSA) is 61.7 Å². The average molecular weight is 293 g/mol. The normalized spacial score (nSPS) is 18.6. The van der Waals surface area contributed by atoms with Gasteiger partial charge in [0.15, 0.2) is 5.78 Å². The number of rotatable bonds is 3. The summed E-state index contributed by atoms with van der Waals surface area (Å²) >= 11 is 5.98. The second-order valence-corrected chi connectivity index (χ2v) is 6.06. The molecule has 4 nitrogen and oxygen atoms in total. The summed E-state index contributed by atoms with van der Waals surface area (Å²) < 4.78 is 0. The average Bonchev–Trinajstić information content (AvgIpc) is 2.33. The minimum atomic E-state index is -0.200. The summed E-state index contributed by atoms with van der Waals surface area (Å²) in [4.78, 5) is 12.0. The van der Waals surface area contributed by atoms with Crippen LogP contribution >= 0.6 is 11.6 Å². The molecule has 0 saturated carbocycles. The number of aliphatic hydroxyl groups excluding tert-OH is 1. The van der Waals surface area contributed by atoms with Gasteiger partial charge in [-0.3, -0.25) is 10.2 Å². The Morgan fingerprint density at radius 2 is 2.05 bits per heavy atom. The fraction of sp³-hybridized carbons (Fsp3) is 0.333. The summed E-state index contributed by atoms with van der Waals surface area (Å²) in [6, 6.07) is 7.16. The number of hydrogen-bond donors (Lipinski definition) is 2. The molecule has 106 valence electrons. The zero-order chi connectivity index (χ0) is 14.8. The lowest BCUT2D eigenvalue weighted by Crippen LogP contribution is -2.26. The Labute approximate surface area is 123 Å². The molecule has 0 spiro atoms. The van der Waals surface area contributed by atoms with Gasteiger partial charge in [0.05, 0.1) is 22.5 Å². The van der Waals surface area contributed by atoms with E-state index in [1.165, 1.54) is 6.21 Å². The molecule has 0 fully saturated rings. The Morgan fingerprint density at radius 3 is 2.70 bits per heavy atom. The number of hydrogen-bond acceptors (Lipinski definition) is 4.